The molecule has 12 aromatic rings. The van der Waals surface area contributed by atoms with Gasteiger partial charge in [-0.05, 0) is 53.1 Å². The van der Waals surface area contributed by atoms with Gasteiger partial charge in [0, 0.05) is 58.9 Å². The van der Waals surface area contributed by atoms with Gasteiger partial charge in [0.15, 0.2) is 40.5 Å². The molecule has 3 aromatic heterocycles. The van der Waals surface area contributed by atoms with Crippen LogP contribution in [0.2, 0.25) is 0 Å². The zero-order valence-electron chi connectivity index (χ0n) is 37.2. The van der Waals surface area contributed by atoms with Gasteiger partial charge in [-0.2, -0.15) is 0 Å². The summed E-state index contributed by atoms with van der Waals surface area (Å²) < 4.78 is 3.64. The van der Waals surface area contributed by atoms with Gasteiger partial charge in [0.25, 0.3) is 0 Å². The zero-order valence-corrected chi connectivity index (χ0v) is 38.0. The number of fused-ring (bicyclic) bond motifs is 6. The minimum Gasteiger partial charge on any atom is -0.504 e. The maximum atomic E-state index is 11.4. The molecule has 3 heterocycles. The first-order valence-corrected chi connectivity index (χ1v) is 23.1. The number of thiophene rings is 1. The first kappa shape index (κ1) is 43.3. The Morgan fingerprint density at radius 2 is 0.819 bits per heavy atom. The lowest BCUT2D eigenvalue weighted by molar-refractivity contribution is 0.330. The quantitative estimate of drug-likeness (QED) is 0.0528. The van der Waals surface area contributed by atoms with Crippen molar-refractivity contribution in [1.29, 1.82) is 0 Å². The summed E-state index contributed by atoms with van der Waals surface area (Å²) in [4.78, 5) is 15.1. The van der Waals surface area contributed by atoms with Crippen molar-refractivity contribution in [2.45, 2.75) is 0 Å². The fourth-order valence-electron chi connectivity index (χ4n) is 9.53. The highest BCUT2D eigenvalue weighted by Gasteiger charge is 2.31. The van der Waals surface area contributed by atoms with Crippen molar-refractivity contribution in [2.24, 2.45) is 0 Å². The van der Waals surface area contributed by atoms with Crippen LogP contribution < -0.4 is 0 Å². The van der Waals surface area contributed by atoms with Crippen LogP contribution in [0, 0.1) is 0 Å². The van der Waals surface area contributed by atoms with E-state index in [0.29, 0.717) is 39.4 Å². The van der Waals surface area contributed by atoms with Gasteiger partial charge in [0.05, 0.1) is 22.2 Å². The van der Waals surface area contributed by atoms with Gasteiger partial charge in [-0.1, -0.05) is 121 Å². The van der Waals surface area contributed by atoms with Gasteiger partial charge in [-0.25, -0.2) is 15.0 Å². The van der Waals surface area contributed by atoms with Crippen molar-refractivity contribution >= 4 is 53.3 Å². The average Bonchev–Trinajstić information content (AvgIpc) is 3.96. The van der Waals surface area contributed by atoms with Gasteiger partial charge in [-0.15, -0.1) is 11.3 Å². The molecule has 15 heteroatoms. The number of para-hydroxylation sites is 1. The molecule has 0 aliphatic rings. The Bertz CT molecular complexity index is 4180. The molecule has 0 radical (unpaired) electrons. The number of aromatic nitrogens is 4. The van der Waals surface area contributed by atoms with Gasteiger partial charge >= 0.3 is 0 Å². The molecule has 0 amide bonds. The van der Waals surface area contributed by atoms with Crippen LogP contribution in [0.4, 0.5) is 0 Å². The van der Waals surface area contributed by atoms with Crippen LogP contribution >= 0.6 is 11.3 Å². The van der Waals surface area contributed by atoms with Crippen molar-refractivity contribution < 1.29 is 51.1 Å². The summed E-state index contributed by atoms with van der Waals surface area (Å²) in [5.74, 6) is -9.52. The van der Waals surface area contributed by atoms with E-state index in [-0.39, 0.29) is 16.6 Å². The largest absolute Gasteiger partial charge is 0.504 e. The van der Waals surface area contributed by atoms with E-state index >= 15 is 0 Å². The maximum Gasteiger partial charge on any atom is 0.208 e. The highest BCUT2D eigenvalue weighted by atomic mass is 32.1. The van der Waals surface area contributed by atoms with E-state index in [1.54, 1.807) is 18.2 Å². The molecule has 0 bridgehead atoms. The summed E-state index contributed by atoms with van der Waals surface area (Å²) in [6, 6.07) is 49.7. The first-order valence-electron chi connectivity index (χ1n) is 22.3. The van der Waals surface area contributed by atoms with E-state index in [1.807, 2.05) is 108 Å². The number of phenolic OH excluding ortho intramolecular Hbond substituents is 10. The Morgan fingerprint density at radius 1 is 0.319 bits per heavy atom. The van der Waals surface area contributed by atoms with Crippen molar-refractivity contribution in [1.82, 2.24) is 19.5 Å². The third-order valence-electron chi connectivity index (χ3n) is 13.0. The van der Waals surface area contributed by atoms with E-state index < -0.39 is 68.6 Å². The lowest BCUT2D eigenvalue weighted by Crippen LogP contribution is -2.01. The summed E-state index contributed by atoms with van der Waals surface area (Å²) in [6.45, 7) is 0. The topological polar surface area (TPSA) is 246 Å². The molecule has 9 aromatic carbocycles. The molecule has 350 valence electrons. The van der Waals surface area contributed by atoms with Crippen LogP contribution in [0.15, 0.2) is 158 Å². The molecule has 0 unspecified atom stereocenters. The highest BCUT2D eigenvalue weighted by molar-refractivity contribution is 7.25. The molecule has 0 saturated carbocycles. The minimum atomic E-state index is -1.19. The van der Waals surface area contributed by atoms with Crippen LogP contribution in [0.1, 0.15) is 0 Å². The van der Waals surface area contributed by atoms with E-state index in [1.165, 1.54) is 23.5 Å². The highest BCUT2D eigenvalue weighted by Crippen LogP contribution is 2.59. The maximum absolute atomic E-state index is 11.4. The van der Waals surface area contributed by atoms with Crippen LogP contribution in [0.25, 0.3) is 115 Å². The Morgan fingerprint density at radius 3 is 1.47 bits per heavy atom. The molecule has 0 aliphatic carbocycles. The minimum absolute atomic E-state index is 0.107. The number of benzene rings is 9. The molecular weight excluding hydrogens is 933 g/mol. The molecule has 72 heavy (non-hydrogen) atoms. The fraction of sp³-hybridized carbons (Fsp3) is 0. The van der Waals surface area contributed by atoms with Crippen LogP contribution in [-0.4, -0.2) is 70.6 Å². The Kier molecular flexibility index (Phi) is 9.82. The number of rotatable bonds is 7. The number of phenols is 10. The molecule has 0 fully saturated rings. The Balaban J connectivity index is 1.06. The fourth-order valence-corrected chi connectivity index (χ4v) is 10.7. The molecule has 14 nitrogen and oxygen atoms in total. The van der Waals surface area contributed by atoms with Crippen LogP contribution in [-0.2, 0) is 0 Å². The number of aromatic hydroxyl groups is 10. The van der Waals surface area contributed by atoms with Crippen molar-refractivity contribution in [3.05, 3.63) is 158 Å². The zero-order chi connectivity index (χ0) is 49.7. The van der Waals surface area contributed by atoms with Crippen LogP contribution in [0.3, 0.4) is 0 Å². The van der Waals surface area contributed by atoms with Crippen molar-refractivity contribution in [2.75, 3.05) is 0 Å². The molecule has 0 aliphatic heterocycles. The SMILES string of the molecule is Oc1c(O)c(O)c(-c2cc(-c3c(O)c(O)c(O)c(O)c3O)c3c(c2)c2ccccc2n3-c2ccc3c(c2)sc2cc(-c4nc(-c5ccccc5)nc(-c5ccccc5-c5ccccc5)n4)ccc23)c(O)c1O. The third kappa shape index (κ3) is 6.59. The van der Waals surface area contributed by atoms with E-state index in [9.17, 15) is 51.1 Å². The lowest BCUT2D eigenvalue weighted by atomic mass is 9.92. The van der Waals surface area contributed by atoms with E-state index in [0.717, 1.165) is 48.0 Å². The third-order valence-corrected chi connectivity index (χ3v) is 14.1. The van der Waals surface area contributed by atoms with Gasteiger partial charge in [0.1, 0.15) is 0 Å². The van der Waals surface area contributed by atoms with Crippen molar-refractivity contribution in [3.8, 4) is 131 Å². The van der Waals surface area contributed by atoms with Gasteiger partial charge in [-0.3, -0.25) is 0 Å². The second-order valence-electron chi connectivity index (χ2n) is 17.1. The normalized spacial score (nSPS) is 11.6. The van der Waals surface area contributed by atoms with Gasteiger partial charge in [0.2, 0.25) is 34.5 Å². The Labute approximate surface area is 410 Å². The second-order valence-corrected chi connectivity index (χ2v) is 18.2. The lowest BCUT2D eigenvalue weighted by Gasteiger charge is -2.18. The predicted molar refractivity (Wildman–Crippen MR) is 276 cm³/mol. The molecule has 0 saturated heterocycles. The molecule has 12 rings (SSSR count). The van der Waals surface area contributed by atoms with Crippen LogP contribution in [0.5, 0.6) is 57.5 Å². The number of hydrogen-bond acceptors (Lipinski definition) is 14. The van der Waals surface area contributed by atoms with Crippen molar-refractivity contribution in [3.63, 3.8) is 0 Å². The standard InChI is InChI=1S/C57H36N4O10S/c62-45-42(46(63)50(67)53(70)49(45)66)30-23-37-33-16-9-10-18-39(33)61(44(37)38(24-30)43-47(64)51(68)54(71)52(69)48(43)65)31-20-22-35-34-21-19-29(25-40(34)72-41(35)26-31)56-58-55(28-13-5-2-6-14-28)59-57(60-56)36-17-8-7-15-32(36)27-11-3-1-4-12-27/h1-26,62-71H. The van der Waals surface area contributed by atoms with E-state index in [4.69, 9.17) is 15.0 Å². The summed E-state index contributed by atoms with van der Waals surface area (Å²) in [7, 11) is 0. The van der Waals surface area contributed by atoms with E-state index in [2.05, 4.69) is 24.3 Å². The summed E-state index contributed by atoms with van der Waals surface area (Å²) in [6.07, 6.45) is 0. The second kappa shape index (κ2) is 16.3. The number of nitrogens with zero attached hydrogens (tertiary/aromatic N) is 4. The monoisotopic (exact) mass is 968 g/mol. The Hall–Kier alpha value is -9.99. The molecule has 10 N–H and O–H groups in total. The predicted octanol–water partition coefficient (Wildman–Crippen LogP) is 12.4. The summed E-state index contributed by atoms with van der Waals surface area (Å²) >= 11 is 1.53. The van der Waals surface area contributed by atoms with Gasteiger partial charge < -0.3 is 55.6 Å². The summed E-state index contributed by atoms with van der Waals surface area (Å²) in [5.41, 5.74) is 4.61. The molecule has 0 atom stereocenters. The summed E-state index contributed by atoms with van der Waals surface area (Å²) in [5, 5.41) is 111. The molecular formula is C57H36N4O10S. The molecule has 0 spiro atoms. The number of hydrogen-bond donors (Lipinski definition) is 10. The first-order chi connectivity index (χ1) is 34.9. The smallest absolute Gasteiger partial charge is 0.208 e. The average molecular weight is 969 g/mol.